The Bertz CT molecular complexity index is 98.4. The van der Waals surface area contributed by atoms with E-state index >= 15 is 0 Å². The number of hydrogen-bond donors (Lipinski definition) is 1. The van der Waals surface area contributed by atoms with Crippen LogP contribution in [0.15, 0.2) is 0 Å². The van der Waals surface area contributed by atoms with Crippen LogP contribution in [0.1, 0.15) is 26.2 Å². The number of diazo groups is 1. The number of nitrogens with one attached hydrogen (secondary N) is 1. The average Bonchev–Trinajstić information content (AvgIpc) is 2.02. The molecule has 0 aromatic rings. The van der Waals surface area contributed by atoms with Crippen LogP contribution in [-0.4, -0.2) is 13.1 Å². The molecule has 0 aromatic heterocycles. The maximum absolute atomic E-state index is 9.75. The van der Waals surface area contributed by atoms with Gasteiger partial charge in [-0.15, -0.1) is 11.6 Å². The highest BCUT2D eigenvalue weighted by molar-refractivity contribution is 6.50. The summed E-state index contributed by atoms with van der Waals surface area (Å²) in [6, 6.07) is 0. The van der Waals surface area contributed by atoms with Crippen LogP contribution in [0.3, 0.4) is 0 Å². The van der Waals surface area contributed by atoms with Gasteiger partial charge < -0.3 is 17.3 Å². The predicted molar refractivity (Wildman–Crippen MR) is 43.1 cm³/mol. The van der Waals surface area contributed by atoms with Crippen molar-refractivity contribution in [2.45, 2.75) is 26.2 Å². The molecule has 0 amide bonds. The van der Waals surface area contributed by atoms with E-state index in [4.69, 9.17) is 22.4 Å². The molecule has 0 unspecified atom stereocenters. The van der Waals surface area contributed by atoms with Crippen LogP contribution in [-0.2, 0) is 0 Å². The Hall–Kier alpha value is -0.505. The lowest BCUT2D eigenvalue weighted by atomic mass is 10.3. The van der Waals surface area contributed by atoms with Crippen LogP contribution >= 0.6 is 11.6 Å². The molecule has 80 valence electrons. The second kappa shape index (κ2) is 14.0. The summed E-state index contributed by atoms with van der Waals surface area (Å²) < 4.78 is 39.0. The summed E-state index contributed by atoms with van der Waals surface area (Å²) in [6.45, 7) is 2.17. The first-order chi connectivity index (χ1) is 5.91. The Balaban J connectivity index is -0.000000131. The van der Waals surface area contributed by atoms with E-state index in [0.717, 1.165) is 5.88 Å². The number of rotatable bonds is 3. The third-order valence-electron chi connectivity index (χ3n) is 0.737. The Morgan fingerprint density at radius 1 is 1.15 bits per heavy atom. The van der Waals surface area contributed by atoms with Crippen molar-refractivity contribution in [2.75, 3.05) is 5.88 Å². The van der Waals surface area contributed by atoms with Crippen LogP contribution in [0, 0.1) is 5.39 Å². The zero-order valence-corrected chi connectivity index (χ0v) is 8.00. The average molecular weight is 222 g/mol. The molecule has 0 aliphatic heterocycles. The maximum atomic E-state index is 9.75. The molecule has 2 nitrogen and oxygen atoms in total. The van der Waals surface area contributed by atoms with Gasteiger partial charge in [-0.25, -0.2) is 0 Å². The molecule has 0 saturated heterocycles. The third kappa shape index (κ3) is 166. The van der Waals surface area contributed by atoms with Crippen molar-refractivity contribution in [3.63, 3.8) is 0 Å². The molecule has 0 spiro atoms. The van der Waals surface area contributed by atoms with E-state index in [2.05, 4.69) is 6.92 Å². The summed E-state index contributed by atoms with van der Waals surface area (Å²) in [7, 11) is -6.00. The number of nitrogens with zero attached hydrogens (tertiary/aromatic N) is 1. The lowest BCUT2D eigenvalue weighted by Crippen LogP contribution is -2.11. The topological polar surface area (TPSA) is 47.6 Å². The molecule has 13 heavy (non-hydrogen) atoms. The van der Waals surface area contributed by atoms with Gasteiger partial charge in [0, 0.05) is 5.88 Å². The largest absolute Gasteiger partial charge is 0.673 e. The summed E-state index contributed by atoms with van der Waals surface area (Å²) in [6.07, 6.45) is 3.73. The number of unbranched alkanes of at least 4 members (excludes halogenated alkanes) is 2. The van der Waals surface area contributed by atoms with Gasteiger partial charge in [-0.3, -0.25) is 0 Å². The molecule has 1 N–H and O–H groups in total. The van der Waals surface area contributed by atoms with Crippen molar-refractivity contribution in [2.24, 2.45) is 0 Å². The molecule has 0 heterocycles. The van der Waals surface area contributed by atoms with Crippen molar-refractivity contribution in [1.29, 1.82) is 5.39 Å². The minimum Gasteiger partial charge on any atom is -0.418 e. The monoisotopic (exact) mass is 222 g/mol. The van der Waals surface area contributed by atoms with E-state index < -0.39 is 7.25 Å². The highest BCUT2D eigenvalue weighted by atomic mass is 35.5. The Morgan fingerprint density at radius 3 is 1.54 bits per heavy atom. The van der Waals surface area contributed by atoms with Gasteiger partial charge in [-0.05, 0) is 6.42 Å². The lowest BCUT2D eigenvalue weighted by Gasteiger charge is -1.94. The van der Waals surface area contributed by atoms with Gasteiger partial charge in [0.25, 0.3) is 0 Å². The first kappa shape index (κ1) is 18.3. The van der Waals surface area contributed by atoms with Gasteiger partial charge in [0.05, 0.1) is 5.39 Å². The maximum Gasteiger partial charge on any atom is 0.673 e. The fraction of sp³-hybridized carbons (Fsp3) is 1.00. The fourth-order valence-electron chi connectivity index (χ4n) is 0.344. The molecule has 0 saturated carbocycles. The van der Waals surface area contributed by atoms with Crippen molar-refractivity contribution in [3.8, 4) is 0 Å². The minimum absolute atomic E-state index is 0.827. The summed E-state index contributed by atoms with van der Waals surface area (Å²) in [5.41, 5.74) is 0. The molecule has 0 aliphatic carbocycles. The summed E-state index contributed by atoms with van der Waals surface area (Å²) in [4.78, 5) is 0. The molecule has 0 rings (SSSR count). The second-order valence-corrected chi connectivity index (χ2v) is 2.27. The van der Waals surface area contributed by atoms with Gasteiger partial charge >= 0.3 is 7.25 Å². The molecular weight excluding hydrogens is 210 g/mol. The van der Waals surface area contributed by atoms with E-state index in [1.165, 1.54) is 19.3 Å². The van der Waals surface area contributed by atoms with Crippen LogP contribution in [0.25, 0.3) is 0 Å². The Morgan fingerprint density at radius 2 is 1.46 bits per heavy atom. The van der Waals surface area contributed by atoms with E-state index in [1.807, 2.05) is 0 Å². The van der Waals surface area contributed by atoms with Crippen LogP contribution < -0.4 is 5.39 Å². The minimum atomic E-state index is -6.00. The SMILES string of the molecule is CCCCCCl.F[B-](F)(F)F.N#[NH+]. The van der Waals surface area contributed by atoms with E-state index in [-0.39, 0.29) is 0 Å². The first-order valence-corrected chi connectivity index (χ1v) is 4.11. The highest BCUT2D eigenvalue weighted by Crippen LogP contribution is 2.06. The Kier molecular flexibility index (Phi) is 19.8. The normalized spacial score (nSPS) is 8.92. The Labute approximate surface area is 79.8 Å². The van der Waals surface area contributed by atoms with Gasteiger partial charge in [-0.2, -0.15) is 0 Å². The standard InChI is InChI=1S/C5H11Cl.BF4.N2/c1-2-3-4-5-6;2-1(3,4)5;1-2/h2-5H2,1H3;;/q;-1;/p+1. The predicted octanol–water partition coefficient (Wildman–Crippen LogP) is 1.99. The molecule has 0 radical (unpaired) electrons. The number of halogens is 5. The molecule has 0 aromatic carbocycles. The zero-order valence-electron chi connectivity index (χ0n) is 7.24. The molecular formula is C5H12BClF4N2. The molecule has 0 bridgehead atoms. The van der Waals surface area contributed by atoms with E-state index in [1.54, 1.807) is 0 Å². The van der Waals surface area contributed by atoms with E-state index in [9.17, 15) is 17.3 Å². The van der Waals surface area contributed by atoms with Crippen molar-refractivity contribution in [1.82, 2.24) is 0 Å². The van der Waals surface area contributed by atoms with Crippen LogP contribution in [0.4, 0.5) is 17.3 Å². The first-order valence-electron chi connectivity index (χ1n) is 3.57. The fourth-order valence-corrected chi connectivity index (χ4v) is 0.533. The smallest absolute Gasteiger partial charge is 0.418 e. The molecule has 0 atom stereocenters. The molecule has 8 heteroatoms. The van der Waals surface area contributed by atoms with Gasteiger partial charge in [0.15, 0.2) is 0 Å². The second-order valence-electron chi connectivity index (χ2n) is 1.89. The highest BCUT2D eigenvalue weighted by Gasteiger charge is 2.20. The zero-order chi connectivity index (χ0) is 11.3. The van der Waals surface area contributed by atoms with Gasteiger partial charge in [0.1, 0.15) is 0 Å². The third-order valence-corrected chi connectivity index (χ3v) is 1.00. The molecule has 0 aliphatic rings. The number of alkyl halides is 1. The molecule has 0 fully saturated rings. The van der Waals surface area contributed by atoms with E-state index in [0.29, 0.717) is 0 Å². The van der Waals surface area contributed by atoms with Gasteiger partial charge in [0.2, 0.25) is 5.39 Å². The quantitative estimate of drug-likeness (QED) is 0.256. The summed E-state index contributed by atoms with van der Waals surface area (Å²) in [5, 5.41) is 11.0. The van der Waals surface area contributed by atoms with Crippen molar-refractivity contribution < 1.29 is 22.7 Å². The summed E-state index contributed by atoms with van der Waals surface area (Å²) in [5.74, 6) is 0.827. The van der Waals surface area contributed by atoms with Crippen molar-refractivity contribution >= 4 is 18.9 Å². The van der Waals surface area contributed by atoms with Crippen LogP contribution in [0.2, 0.25) is 0 Å². The lowest BCUT2D eigenvalue weighted by molar-refractivity contribution is -0.175. The summed E-state index contributed by atoms with van der Waals surface area (Å²) >= 11 is 5.38. The van der Waals surface area contributed by atoms with Gasteiger partial charge in [-0.1, -0.05) is 19.8 Å². The van der Waals surface area contributed by atoms with Crippen molar-refractivity contribution in [3.05, 3.63) is 0 Å². The van der Waals surface area contributed by atoms with Crippen LogP contribution in [0.5, 0.6) is 0 Å². The number of hydrogen-bond acceptors (Lipinski definition) is 1.